The number of carbonyl (C=O) groups is 1. The second-order valence-corrected chi connectivity index (χ2v) is 6.59. The smallest absolute Gasteiger partial charge is 0.405 e. The zero-order valence-corrected chi connectivity index (χ0v) is 13.0. The minimum Gasteiger partial charge on any atom is -0.442 e. The molecule has 0 aliphatic heterocycles. The molecule has 0 aromatic carbocycles. The monoisotopic (exact) mass is 313 g/mol. The molecule has 1 heterocycles. The molecule has 0 bridgehead atoms. The van der Waals surface area contributed by atoms with Crippen molar-refractivity contribution in [3.05, 3.63) is 24.0 Å². The molecule has 1 aliphatic carbocycles. The first-order valence-corrected chi connectivity index (χ1v) is 7.15. The van der Waals surface area contributed by atoms with Crippen LogP contribution in [0.15, 0.2) is 18.5 Å². The number of nitrogens with zero attached hydrogens (tertiary/aromatic N) is 2. The minimum atomic E-state index is -2.65. The van der Waals surface area contributed by atoms with Gasteiger partial charge in [-0.3, -0.25) is 0 Å². The number of nitrogens with two attached hydrogens (primary N) is 1. The molecule has 122 valence electrons. The lowest BCUT2D eigenvalue weighted by molar-refractivity contribution is -0.0699. The Morgan fingerprint density at radius 2 is 2.18 bits per heavy atom. The number of aromatic nitrogens is 2. The third kappa shape index (κ3) is 3.13. The van der Waals surface area contributed by atoms with Crippen LogP contribution < -0.4 is 5.73 Å². The van der Waals surface area contributed by atoms with E-state index in [0.29, 0.717) is 29.5 Å². The maximum atomic E-state index is 12.6. The summed E-state index contributed by atoms with van der Waals surface area (Å²) in [5.41, 5.74) is 5.85. The SMILES string of the molecule is CC(C)(C)C1(OC(N)=O)CC=C(c2cnn(C(F)F)c2)CC1. The molecule has 0 fully saturated rings. The van der Waals surface area contributed by atoms with E-state index in [4.69, 9.17) is 10.5 Å². The largest absolute Gasteiger partial charge is 0.442 e. The molecule has 22 heavy (non-hydrogen) atoms. The average molecular weight is 313 g/mol. The molecule has 5 nitrogen and oxygen atoms in total. The number of primary amides is 1. The van der Waals surface area contributed by atoms with Crippen LogP contribution in [-0.4, -0.2) is 21.5 Å². The van der Waals surface area contributed by atoms with Crippen molar-refractivity contribution in [3.63, 3.8) is 0 Å². The van der Waals surface area contributed by atoms with E-state index in [-0.39, 0.29) is 5.41 Å². The van der Waals surface area contributed by atoms with Gasteiger partial charge in [-0.1, -0.05) is 26.8 Å². The number of rotatable bonds is 3. The van der Waals surface area contributed by atoms with Gasteiger partial charge in [-0.15, -0.1) is 0 Å². The van der Waals surface area contributed by atoms with Crippen molar-refractivity contribution >= 4 is 11.7 Å². The standard InChI is InChI=1S/C15H21F2N3O2/c1-14(2,3)15(22-13(18)21)6-4-10(5-7-15)11-8-19-20(9-11)12(16)17/h4,8-9,12H,5-7H2,1-3H3,(H2,18,21). The van der Waals surface area contributed by atoms with Gasteiger partial charge in [0.2, 0.25) is 0 Å². The Hall–Kier alpha value is -1.92. The van der Waals surface area contributed by atoms with E-state index in [1.54, 1.807) is 0 Å². The summed E-state index contributed by atoms with van der Waals surface area (Å²) in [6.07, 6.45) is 5.58. The van der Waals surface area contributed by atoms with Gasteiger partial charge in [-0.2, -0.15) is 13.9 Å². The average Bonchev–Trinajstić information content (AvgIpc) is 2.87. The first-order chi connectivity index (χ1) is 10.1. The fourth-order valence-corrected chi connectivity index (χ4v) is 2.82. The van der Waals surface area contributed by atoms with Crippen molar-refractivity contribution in [3.8, 4) is 0 Å². The molecule has 1 unspecified atom stereocenters. The molecule has 1 aliphatic rings. The van der Waals surface area contributed by atoms with Crippen LogP contribution in [0.25, 0.3) is 5.57 Å². The first kappa shape index (κ1) is 16.5. The topological polar surface area (TPSA) is 70.1 Å². The highest BCUT2D eigenvalue weighted by molar-refractivity contribution is 5.68. The van der Waals surface area contributed by atoms with E-state index < -0.39 is 18.2 Å². The summed E-state index contributed by atoms with van der Waals surface area (Å²) < 4.78 is 31.2. The van der Waals surface area contributed by atoms with E-state index in [9.17, 15) is 13.6 Å². The molecule has 1 atom stereocenters. The Labute approximate surface area is 128 Å². The van der Waals surface area contributed by atoms with Crippen molar-refractivity contribution in [1.82, 2.24) is 9.78 Å². The number of hydrogen-bond donors (Lipinski definition) is 1. The van der Waals surface area contributed by atoms with Crippen molar-refractivity contribution < 1.29 is 18.3 Å². The highest BCUT2D eigenvalue weighted by Crippen LogP contribution is 2.45. The van der Waals surface area contributed by atoms with E-state index in [1.807, 2.05) is 26.8 Å². The predicted octanol–water partition coefficient (Wildman–Crippen LogP) is 3.73. The zero-order chi connectivity index (χ0) is 16.5. The van der Waals surface area contributed by atoms with Gasteiger partial charge in [-0.05, 0) is 18.4 Å². The van der Waals surface area contributed by atoms with Crippen LogP contribution in [0.5, 0.6) is 0 Å². The van der Waals surface area contributed by atoms with Gasteiger partial charge in [0.15, 0.2) is 0 Å². The molecule has 1 aromatic heterocycles. The quantitative estimate of drug-likeness (QED) is 0.924. The summed E-state index contributed by atoms with van der Waals surface area (Å²) in [7, 11) is 0. The van der Waals surface area contributed by atoms with Crippen LogP contribution in [0.4, 0.5) is 13.6 Å². The zero-order valence-electron chi connectivity index (χ0n) is 13.0. The molecule has 1 aromatic rings. The van der Waals surface area contributed by atoms with E-state index >= 15 is 0 Å². The Balaban J connectivity index is 2.23. The lowest BCUT2D eigenvalue weighted by atomic mass is 9.68. The highest BCUT2D eigenvalue weighted by Gasteiger charge is 2.46. The maximum Gasteiger partial charge on any atom is 0.405 e. The van der Waals surface area contributed by atoms with Gasteiger partial charge in [0.25, 0.3) is 0 Å². The Morgan fingerprint density at radius 3 is 2.59 bits per heavy atom. The molecule has 0 radical (unpaired) electrons. The number of halogens is 2. The van der Waals surface area contributed by atoms with Crippen molar-refractivity contribution in [1.29, 1.82) is 0 Å². The lowest BCUT2D eigenvalue weighted by Crippen LogP contribution is -2.48. The van der Waals surface area contributed by atoms with Gasteiger partial charge in [0, 0.05) is 23.6 Å². The molecule has 0 saturated heterocycles. The molecule has 0 spiro atoms. The van der Waals surface area contributed by atoms with Crippen molar-refractivity contribution in [2.75, 3.05) is 0 Å². The number of carbonyl (C=O) groups excluding carboxylic acids is 1. The summed E-state index contributed by atoms with van der Waals surface area (Å²) in [6, 6.07) is 0. The number of amides is 1. The van der Waals surface area contributed by atoms with Crippen molar-refractivity contribution in [2.24, 2.45) is 11.1 Å². The molecular formula is C15H21F2N3O2. The van der Waals surface area contributed by atoms with E-state index in [0.717, 1.165) is 5.57 Å². The van der Waals surface area contributed by atoms with Gasteiger partial charge in [-0.25, -0.2) is 9.48 Å². The third-order valence-corrected chi connectivity index (χ3v) is 4.31. The summed E-state index contributed by atoms with van der Waals surface area (Å²) in [6.45, 7) is 3.32. The molecule has 0 saturated carbocycles. The molecule has 7 heteroatoms. The first-order valence-electron chi connectivity index (χ1n) is 7.15. The maximum absolute atomic E-state index is 12.6. The van der Waals surface area contributed by atoms with Crippen molar-refractivity contribution in [2.45, 2.75) is 52.2 Å². The fourth-order valence-electron chi connectivity index (χ4n) is 2.82. The molecule has 1 amide bonds. The lowest BCUT2D eigenvalue weighted by Gasteiger charge is -2.45. The van der Waals surface area contributed by atoms with Gasteiger partial charge >= 0.3 is 12.6 Å². The van der Waals surface area contributed by atoms with Crippen LogP contribution in [0.1, 0.15) is 52.1 Å². The Bertz CT molecular complexity index is 590. The van der Waals surface area contributed by atoms with E-state index in [1.165, 1.54) is 12.4 Å². The van der Waals surface area contributed by atoms with Crippen LogP contribution in [0, 0.1) is 5.41 Å². The summed E-state index contributed by atoms with van der Waals surface area (Å²) in [4.78, 5) is 11.2. The second kappa shape index (κ2) is 5.70. The van der Waals surface area contributed by atoms with Crippen LogP contribution in [0.3, 0.4) is 0 Å². The molecule has 2 N–H and O–H groups in total. The summed E-state index contributed by atoms with van der Waals surface area (Å²) in [5, 5.41) is 3.64. The summed E-state index contributed by atoms with van der Waals surface area (Å²) >= 11 is 0. The highest BCUT2D eigenvalue weighted by atomic mass is 19.3. The van der Waals surface area contributed by atoms with Crippen LogP contribution in [-0.2, 0) is 4.74 Å². The molecular weight excluding hydrogens is 292 g/mol. The Kier molecular flexibility index (Phi) is 4.26. The number of ether oxygens (including phenoxy) is 1. The van der Waals surface area contributed by atoms with Gasteiger partial charge in [0.1, 0.15) is 5.60 Å². The Morgan fingerprint density at radius 1 is 1.50 bits per heavy atom. The predicted molar refractivity (Wildman–Crippen MR) is 78.2 cm³/mol. The third-order valence-electron chi connectivity index (χ3n) is 4.31. The summed E-state index contributed by atoms with van der Waals surface area (Å²) in [5.74, 6) is 0. The normalized spacial score (nSPS) is 22.5. The van der Waals surface area contributed by atoms with Crippen LogP contribution in [0.2, 0.25) is 0 Å². The van der Waals surface area contributed by atoms with Gasteiger partial charge < -0.3 is 10.5 Å². The second-order valence-electron chi connectivity index (χ2n) is 6.59. The number of alkyl halides is 2. The molecule has 2 rings (SSSR count). The van der Waals surface area contributed by atoms with E-state index in [2.05, 4.69) is 5.10 Å². The fraction of sp³-hybridized carbons (Fsp3) is 0.600. The van der Waals surface area contributed by atoms with Crippen LogP contribution >= 0.6 is 0 Å². The number of hydrogen-bond acceptors (Lipinski definition) is 3. The minimum absolute atomic E-state index is 0.281. The number of allylic oxidation sites excluding steroid dienone is 1. The van der Waals surface area contributed by atoms with Gasteiger partial charge in [0.05, 0.1) is 6.20 Å².